The van der Waals surface area contributed by atoms with Crippen molar-refractivity contribution < 1.29 is 9.90 Å². The number of nitrogens with two attached hydrogens (primary N) is 1. The standard InChI is InChI=1S/C16H27N3O2/c1-11(2)7-9-19(10-8-12(3)4)15-13(17)5-6-14(18-15)16(20)21/h5-6,11-12H,7-10,17H2,1-4H3,(H,20,21). The summed E-state index contributed by atoms with van der Waals surface area (Å²) >= 11 is 0. The van der Waals surface area contributed by atoms with Crippen LogP contribution in [0.4, 0.5) is 11.5 Å². The highest BCUT2D eigenvalue weighted by Crippen LogP contribution is 2.23. The minimum absolute atomic E-state index is 0.0401. The molecule has 0 unspecified atom stereocenters. The second-order valence-corrected chi connectivity index (χ2v) is 6.27. The maximum atomic E-state index is 11.1. The average molecular weight is 293 g/mol. The Kier molecular flexibility index (Phi) is 6.46. The lowest BCUT2D eigenvalue weighted by atomic mass is 10.1. The van der Waals surface area contributed by atoms with Gasteiger partial charge in [-0.3, -0.25) is 0 Å². The molecule has 0 saturated heterocycles. The molecule has 0 fully saturated rings. The second kappa shape index (κ2) is 7.86. The number of nitrogen functional groups attached to an aromatic ring is 1. The summed E-state index contributed by atoms with van der Waals surface area (Å²) in [6.45, 7) is 10.4. The Balaban J connectivity index is 2.99. The number of aromatic carboxylic acids is 1. The molecular weight excluding hydrogens is 266 g/mol. The summed E-state index contributed by atoms with van der Waals surface area (Å²) in [6.07, 6.45) is 2.05. The van der Waals surface area contributed by atoms with Crippen LogP contribution in [0.15, 0.2) is 12.1 Å². The van der Waals surface area contributed by atoms with Gasteiger partial charge in [0.15, 0.2) is 11.5 Å². The van der Waals surface area contributed by atoms with E-state index in [2.05, 4.69) is 37.6 Å². The smallest absolute Gasteiger partial charge is 0.354 e. The van der Waals surface area contributed by atoms with Gasteiger partial charge in [-0.05, 0) is 36.8 Å². The van der Waals surface area contributed by atoms with Crippen molar-refractivity contribution in [2.24, 2.45) is 11.8 Å². The number of hydrogen-bond donors (Lipinski definition) is 2. The average Bonchev–Trinajstić information content (AvgIpc) is 2.39. The summed E-state index contributed by atoms with van der Waals surface area (Å²) in [4.78, 5) is 17.4. The van der Waals surface area contributed by atoms with E-state index in [4.69, 9.17) is 10.8 Å². The highest BCUT2D eigenvalue weighted by Gasteiger charge is 2.15. The van der Waals surface area contributed by atoms with Crippen molar-refractivity contribution in [3.8, 4) is 0 Å². The number of pyridine rings is 1. The van der Waals surface area contributed by atoms with Gasteiger partial charge in [-0.25, -0.2) is 9.78 Å². The van der Waals surface area contributed by atoms with Crippen LogP contribution in [-0.4, -0.2) is 29.1 Å². The van der Waals surface area contributed by atoms with E-state index in [9.17, 15) is 4.79 Å². The van der Waals surface area contributed by atoms with Gasteiger partial charge in [0.25, 0.3) is 0 Å². The largest absolute Gasteiger partial charge is 0.477 e. The fourth-order valence-corrected chi connectivity index (χ4v) is 1.98. The molecule has 1 rings (SSSR count). The van der Waals surface area contributed by atoms with Crippen LogP contribution in [0, 0.1) is 11.8 Å². The van der Waals surface area contributed by atoms with Gasteiger partial charge in [0.05, 0.1) is 5.69 Å². The van der Waals surface area contributed by atoms with Crippen LogP contribution < -0.4 is 10.6 Å². The van der Waals surface area contributed by atoms with Crippen molar-refractivity contribution in [3.05, 3.63) is 17.8 Å². The van der Waals surface area contributed by atoms with Gasteiger partial charge in [0, 0.05) is 13.1 Å². The third kappa shape index (κ3) is 5.61. The Morgan fingerprint density at radius 2 is 1.71 bits per heavy atom. The van der Waals surface area contributed by atoms with Crippen molar-refractivity contribution in [2.75, 3.05) is 23.7 Å². The number of carboxylic acids is 1. The number of carboxylic acid groups (broad SMARTS) is 1. The normalized spacial score (nSPS) is 11.1. The molecule has 0 saturated carbocycles. The van der Waals surface area contributed by atoms with Crippen LogP contribution in [0.2, 0.25) is 0 Å². The van der Waals surface area contributed by atoms with Crippen molar-refractivity contribution >= 4 is 17.5 Å². The summed E-state index contributed by atoms with van der Waals surface area (Å²) in [5, 5.41) is 9.10. The minimum atomic E-state index is -1.02. The van der Waals surface area contributed by atoms with Crippen LogP contribution in [0.3, 0.4) is 0 Å². The third-order valence-electron chi connectivity index (χ3n) is 3.38. The summed E-state index contributed by atoms with van der Waals surface area (Å²) in [7, 11) is 0. The predicted molar refractivity (Wildman–Crippen MR) is 86.7 cm³/mol. The van der Waals surface area contributed by atoms with Crippen molar-refractivity contribution in [2.45, 2.75) is 40.5 Å². The molecule has 0 bridgehead atoms. The number of aromatic nitrogens is 1. The number of rotatable bonds is 8. The molecule has 0 aromatic carbocycles. The fourth-order valence-electron chi connectivity index (χ4n) is 1.98. The van der Waals surface area contributed by atoms with Gasteiger partial charge >= 0.3 is 5.97 Å². The van der Waals surface area contributed by atoms with Crippen LogP contribution in [0.25, 0.3) is 0 Å². The number of anilines is 2. The van der Waals surface area contributed by atoms with E-state index in [1.807, 2.05) is 0 Å². The molecule has 0 aliphatic carbocycles. The van der Waals surface area contributed by atoms with E-state index in [1.165, 1.54) is 6.07 Å². The summed E-state index contributed by atoms with van der Waals surface area (Å²) in [5.74, 6) is 0.728. The Morgan fingerprint density at radius 3 is 2.14 bits per heavy atom. The van der Waals surface area contributed by atoms with E-state index < -0.39 is 5.97 Å². The zero-order valence-corrected chi connectivity index (χ0v) is 13.5. The molecule has 1 aromatic rings. The molecule has 118 valence electrons. The maximum Gasteiger partial charge on any atom is 0.354 e. The molecule has 0 amide bonds. The Morgan fingerprint density at radius 1 is 1.19 bits per heavy atom. The third-order valence-corrected chi connectivity index (χ3v) is 3.38. The summed E-state index contributed by atoms with van der Waals surface area (Å²) < 4.78 is 0. The molecule has 0 aliphatic heterocycles. The van der Waals surface area contributed by atoms with E-state index in [1.54, 1.807) is 6.07 Å². The molecule has 0 aliphatic rings. The Labute approximate surface area is 127 Å². The predicted octanol–water partition coefficient (Wildman–Crippen LogP) is 3.26. The first kappa shape index (κ1) is 17.3. The van der Waals surface area contributed by atoms with Crippen LogP contribution in [0.5, 0.6) is 0 Å². The van der Waals surface area contributed by atoms with E-state index >= 15 is 0 Å². The lowest BCUT2D eigenvalue weighted by Gasteiger charge is -2.26. The summed E-state index contributed by atoms with van der Waals surface area (Å²) in [5.41, 5.74) is 6.58. The molecule has 5 heteroatoms. The molecule has 0 spiro atoms. The second-order valence-electron chi connectivity index (χ2n) is 6.27. The van der Waals surface area contributed by atoms with E-state index in [0.29, 0.717) is 23.3 Å². The lowest BCUT2D eigenvalue weighted by Crippen LogP contribution is -2.29. The first-order chi connectivity index (χ1) is 9.81. The molecule has 0 atom stereocenters. The van der Waals surface area contributed by atoms with Crippen LogP contribution >= 0.6 is 0 Å². The van der Waals surface area contributed by atoms with Gasteiger partial charge < -0.3 is 15.7 Å². The van der Waals surface area contributed by atoms with Crippen LogP contribution in [-0.2, 0) is 0 Å². The highest BCUT2D eigenvalue weighted by molar-refractivity contribution is 5.87. The van der Waals surface area contributed by atoms with E-state index in [0.717, 1.165) is 25.9 Å². The molecule has 3 N–H and O–H groups in total. The minimum Gasteiger partial charge on any atom is -0.477 e. The Bertz CT molecular complexity index is 461. The summed E-state index contributed by atoms with van der Waals surface area (Å²) in [6, 6.07) is 3.08. The van der Waals surface area contributed by atoms with Gasteiger partial charge in [0.2, 0.25) is 0 Å². The first-order valence-electron chi connectivity index (χ1n) is 7.56. The van der Waals surface area contributed by atoms with E-state index in [-0.39, 0.29) is 5.69 Å². The molecule has 0 radical (unpaired) electrons. The van der Waals surface area contributed by atoms with Gasteiger partial charge in [-0.2, -0.15) is 0 Å². The lowest BCUT2D eigenvalue weighted by molar-refractivity contribution is 0.0690. The molecule has 5 nitrogen and oxygen atoms in total. The topological polar surface area (TPSA) is 79.5 Å². The zero-order chi connectivity index (χ0) is 16.0. The SMILES string of the molecule is CC(C)CCN(CCC(C)C)c1nc(C(=O)O)ccc1N. The number of nitrogens with zero attached hydrogens (tertiary/aromatic N) is 2. The quantitative estimate of drug-likeness (QED) is 0.769. The number of hydrogen-bond acceptors (Lipinski definition) is 4. The van der Waals surface area contributed by atoms with Crippen molar-refractivity contribution in [1.82, 2.24) is 4.98 Å². The monoisotopic (exact) mass is 293 g/mol. The molecule has 1 heterocycles. The molecule has 21 heavy (non-hydrogen) atoms. The number of carbonyl (C=O) groups is 1. The Hall–Kier alpha value is -1.78. The van der Waals surface area contributed by atoms with Crippen molar-refractivity contribution in [3.63, 3.8) is 0 Å². The highest BCUT2D eigenvalue weighted by atomic mass is 16.4. The molecular formula is C16H27N3O2. The van der Waals surface area contributed by atoms with Crippen molar-refractivity contribution in [1.29, 1.82) is 0 Å². The maximum absolute atomic E-state index is 11.1. The zero-order valence-electron chi connectivity index (χ0n) is 13.5. The van der Waals surface area contributed by atoms with Gasteiger partial charge in [-0.15, -0.1) is 0 Å². The van der Waals surface area contributed by atoms with Gasteiger partial charge in [0.1, 0.15) is 0 Å². The fraction of sp³-hybridized carbons (Fsp3) is 0.625. The molecule has 1 aromatic heterocycles. The first-order valence-corrected chi connectivity index (χ1v) is 7.56. The van der Waals surface area contributed by atoms with Gasteiger partial charge in [-0.1, -0.05) is 27.7 Å². The van der Waals surface area contributed by atoms with Crippen LogP contribution in [0.1, 0.15) is 51.0 Å².